The van der Waals surface area contributed by atoms with Crippen molar-refractivity contribution in [3.8, 4) is 0 Å². The lowest BCUT2D eigenvalue weighted by atomic mass is 10.5. The van der Waals surface area contributed by atoms with Gasteiger partial charge in [0, 0.05) is 0 Å². The van der Waals surface area contributed by atoms with Crippen molar-refractivity contribution in [2.75, 3.05) is 13.7 Å². The van der Waals surface area contributed by atoms with Crippen LogP contribution in [-0.4, -0.2) is 13.7 Å². The number of hydrogen-bond donors (Lipinski definition) is 0. The predicted molar refractivity (Wildman–Crippen MR) is 41.4 cm³/mol. The van der Waals surface area contributed by atoms with Crippen molar-refractivity contribution in [3.63, 3.8) is 0 Å². The van der Waals surface area contributed by atoms with Gasteiger partial charge in [-0.15, -0.1) is 0 Å². The van der Waals surface area contributed by atoms with Crippen molar-refractivity contribution < 1.29 is 9.47 Å². The van der Waals surface area contributed by atoms with Crippen LogP contribution in [0.4, 0.5) is 0 Å². The Hall–Kier alpha value is -1.18. The molecule has 0 aliphatic carbocycles. The van der Waals surface area contributed by atoms with Crippen LogP contribution < -0.4 is 0 Å². The van der Waals surface area contributed by atoms with Crippen LogP contribution in [0.25, 0.3) is 0 Å². The van der Waals surface area contributed by atoms with E-state index in [1.54, 1.807) is 13.4 Å². The standard InChI is InChI=1S/C5H6O.C3H6O/c1-2-4-6-5-3-1;1-3-4-2/h1-4H,5H2;3H,1H2,2H3. The average molecular weight is 140 g/mol. The van der Waals surface area contributed by atoms with Crippen LogP contribution >= 0.6 is 0 Å². The first-order chi connectivity index (χ1) is 4.91. The Morgan fingerprint density at radius 3 is 2.40 bits per heavy atom. The van der Waals surface area contributed by atoms with Crippen LogP contribution in [0.3, 0.4) is 0 Å². The van der Waals surface area contributed by atoms with Crippen LogP contribution in [-0.2, 0) is 9.47 Å². The van der Waals surface area contributed by atoms with Crippen molar-refractivity contribution in [2.45, 2.75) is 0 Å². The minimum Gasteiger partial charge on any atom is -0.505 e. The van der Waals surface area contributed by atoms with Gasteiger partial charge in [0.1, 0.15) is 6.61 Å². The summed E-state index contributed by atoms with van der Waals surface area (Å²) < 4.78 is 9.11. The van der Waals surface area contributed by atoms with Crippen LogP contribution in [0.2, 0.25) is 0 Å². The maximum atomic E-state index is 4.80. The largest absolute Gasteiger partial charge is 0.505 e. The van der Waals surface area contributed by atoms with Crippen LogP contribution in [0.15, 0.2) is 37.3 Å². The number of methoxy groups -OCH3 is 1. The van der Waals surface area contributed by atoms with E-state index < -0.39 is 0 Å². The molecule has 0 aromatic rings. The number of rotatable bonds is 1. The summed E-state index contributed by atoms with van der Waals surface area (Å²) in [5.74, 6) is 0. The van der Waals surface area contributed by atoms with Crippen LogP contribution in [0.1, 0.15) is 0 Å². The summed E-state index contributed by atoms with van der Waals surface area (Å²) in [7, 11) is 1.56. The SMILES string of the molecule is C1=CCOC=C1.C=COC. The predicted octanol–water partition coefficient (Wildman–Crippen LogP) is 1.86. The molecule has 10 heavy (non-hydrogen) atoms. The molecule has 0 aromatic carbocycles. The minimum atomic E-state index is 0.733. The second-order valence-electron chi connectivity index (χ2n) is 1.49. The van der Waals surface area contributed by atoms with Gasteiger partial charge in [-0.25, -0.2) is 0 Å². The zero-order chi connectivity index (χ0) is 7.66. The monoisotopic (exact) mass is 140 g/mol. The molecule has 56 valence electrons. The third kappa shape index (κ3) is 6.82. The molecule has 0 amide bonds. The number of hydrogen-bond acceptors (Lipinski definition) is 2. The summed E-state index contributed by atoms with van der Waals surface area (Å²) in [6.07, 6.45) is 8.84. The van der Waals surface area contributed by atoms with E-state index in [-0.39, 0.29) is 0 Å². The van der Waals surface area contributed by atoms with Crippen molar-refractivity contribution in [1.82, 2.24) is 0 Å². The Morgan fingerprint density at radius 2 is 2.30 bits per heavy atom. The zero-order valence-corrected chi connectivity index (χ0v) is 6.12. The molecule has 2 heteroatoms. The molecule has 1 heterocycles. The summed E-state index contributed by atoms with van der Waals surface area (Å²) in [6.45, 7) is 3.99. The van der Waals surface area contributed by atoms with E-state index in [2.05, 4.69) is 11.3 Å². The molecule has 1 rings (SSSR count). The number of allylic oxidation sites excluding steroid dienone is 2. The molecule has 0 bridgehead atoms. The molecule has 0 N–H and O–H groups in total. The van der Waals surface area contributed by atoms with Crippen molar-refractivity contribution in [2.24, 2.45) is 0 Å². The summed E-state index contributed by atoms with van der Waals surface area (Å²) in [4.78, 5) is 0. The van der Waals surface area contributed by atoms with Crippen molar-refractivity contribution >= 4 is 0 Å². The second-order valence-corrected chi connectivity index (χ2v) is 1.49. The van der Waals surface area contributed by atoms with Crippen LogP contribution in [0, 0.1) is 0 Å². The molecule has 0 saturated carbocycles. The van der Waals surface area contributed by atoms with Gasteiger partial charge in [-0.05, 0) is 12.2 Å². The van der Waals surface area contributed by atoms with E-state index in [9.17, 15) is 0 Å². The van der Waals surface area contributed by atoms with Gasteiger partial charge in [-0.3, -0.25) is 0 Å². The Kier molecular flexibility index (Phi) is 6.90. The van der Waals surface area contributed by atoms with E-state index >= 15 is 0 Å². The molecular weight excluding hydrogens is 128 g/mol. The molecular formula is C8H12O2. The van der Waals surface area contributed by atoms with Crippen LogP contribution in [0.5, 0.6) is 0 Å². The van der Waals surface area contributed by atoms with E-state index in [1.165, 1.54) is 6.26 Å². The Bertz CT molecular complexity index is 113. The molecule has 0 saturated heterocycles. The Labute approximate surface area is 61.5 Å². The highest BCUT2D eigenvalue weighted by molar-refractivity contribution is 5.02. The van der Waals surface area contributed by atoms with Gasteiger partial charge < -0.3 is 9.47 Å². The summed E-state index contributed by atoms with van der Waals surface area (Å²) in [6, 6.07) is 0. The molecule has 0 fully saturated rings. The normalized spacial score (nSPS) is 12.5. The highest BCUT2D eigenvalue weighted by atomic mass is 16.5. The minimum absolute atomic E-state index is 0.733. The molecule has 0 atom stereocenters. The van der Waals surface area contributed by atoms with E-state index in [0.717, 1.165) is 6.61 Å². The lowest BCUT2D eigenvalue weighted by Gasteiger charge is -1.94. The second kappa shape index (κ2) is 7.82. The molecule has 2 nitrogen and oxygen atoms in total. The smallest absolute Gasteiger partial charge is 0.106 e. The van der Waals surface area contributed by atoms with E-state index in [1.807, 2.05) is 18.2 Å². The van der Waals surface area contributed by atoms with Gasteiger partial charge in [-0.1, -0.05) is 12.7 Å². The third-order valence-corrected chi connectivity index (χ3v) is 0.781. The van der Waals surface area contributed by atoms with Crippen molar-refractivity contribution in [1.29, 1.82) is 0 Å². The quantitative estimate of drug-likeness (QED) is 0.517. The van der Waals surface area contributed by atoms with E-state index in [4.69, 9.17) is 4.74 Å². The van der Waals surface area contributed by atoms with Gasteiger partial charge in [0.2, 0.25) is 0 Å². The summed E-state index contributed by atoms with van der Waals surface area (Å²) >= 11 is 0. The van der Waals surface area contributed by atoms with Gasteiger partial charge in [0.15, 0.2) is 0 Å². The van der Waals surface area contributed by atoms with E-state index in [0.29, 0.717) is 0 Å². The highest BCUT2D eigenvalue weighted by Crippen LogP contribution is 1.87. The lowest BCUT2D eigenvalue weighted by molar-refractivity contribution is 0.286. The first-order valence-corrected chi connectivity index (χ1v) is 2.98. The topological polar surface area (TPSA) is 18.5 Å². The Balaban J connectivity index is 0.000000180. The fourth-order valence-electron chi connectivity index (χ4n) is 0.346. The molecule has 0 spiro atoms. The first-order valence-electron chi connectivity index (χ1n) is 2.98. The molecule has 1 aliphatic rings. The maximum Gasteiger partial charge on any atom is 0.106 e. The van der Waals surface area contributed by atoms with Crippen molar-refractivity contribution in [3.05, 3.63) is 37.3 Å². The van der Waals surface area contributed by atoms with Gasteiger partial charge >= 0.3 is 0 Å². The average Bonchev–Trinajstić information content (AvgIpc) is 2.08. The third-order valence-electron chi connectivity index (χ3n) is 0.781. The zero-order valence-electron chi connectivity index (χ0n) is 6.12. The first kappa shape index (κ1) is 8.82. The Morgan fingerprint density at radius 1 is 1.60 bits per heavy atom. The molecule has 0 radical (unpaired) electrons. The summed E-state index contributed by atoms with van der Waals surface area (Å²) in [5.41, 5.74) is 0. The summed E-state index contributed by atoms with van der Waals surface area (Å²) in [5, 5.41) is 0. The fraction of sp³-hybridized carbons (Fsp3) is 0.250. The number of ether oxygens (including phenoxy) is 2. The van der Waals surface area contributed by atoms with Gasteiger partial charge in [0.05, 0.1) is 19.6 Å². The molecule has 0 aromatic heterocycles. The molecule has 0 unspecified atom stereocenters. The highest BCUT2D eigenvalue weighted by Gasteiger charge is 1.75. The van der Waals surface area contributed by atoms with Gasteiger partial charge in [0.25, 0.3) is 0 Å². The lowest BCUT2D eigenvalue weighted by Crippen LogP contribution is -1.82. The maximum absolute atomic E-state index is 4.80. The van der Waals surface area contributed by atoms with Gasteiger partial charge in [-0.2, -0.15) is 0 Å². The fourth-order valence-corrected chi connectivity index (χ4v) is 0.346. The molecule has 1 aliphatic heterocycles.